The van der Waals surface area contributed by atoms with E-state index in [9.17, 15) is 22.8 Å². The molecule has 0 bridgehead atoms. The predicted molar refractivity (Wildman–Crippen MR) is 74.4 cm³/mol. The number of carboxylic acid groups (broad SMARTS) is 1. The van der Waals surface area contributed by atoms with Crippen molar-refractivity contribution in [2.24, 2.45) is 5.41 Å². The smallest absolute Gasteiger partial charge is 0.323 e. The highest BCUT2D eigenvalue weighted by atomic mass is 19.3. The minimum absolute atomic E-state index is 0.0914. The second kappa shape index (κ2) is 6.81. The molecule has 4 nitrogen and oxygen atoms in total. The van der Waals surface area contributed by atoms with Crippen molar-refractivity contribution in [1.29, 1.82) is 0 Å². The molecule has 122 valence electrons. The van der Waals surface area contributed by atoms with E-state index in [1.807, 2.05) is 0 Å². The first-order chi connectivity index (χ1) is 10.0. The first-order valence-corrected chi connectivity index (χ1v) is 6.60. The third-order valence-electron chi connectivity index (χ3n) is 2.75. The van der Waals surface area contributed by atoms with Gasteiger partial charge in [-0.2, -0.15) is 0 Å². The molecule has 0 saturated heterocycles. The van der Waals surface area contributed by atoms with Gasteiger partial charge in [0, 0.05) is 12.1 Å². The van der Waals surface area contributed by atoms with Crippen LogP contribution < -0.4 is 0 Å². The Labute approximate surface area is 126 Å². The van der Waals surface area contributed by atoms with Crippen molar-refractivity contribution in [3.05, 3.63) is 35.1 Å². The first-order valence-electron chi connectivity index (χ1n) is 6.60. The Hall–Kier alpha value is -2.05. The summed E-state index contributed by atoms with van der Waals surface area (Å²) in [6.07, 6.45) is -2.84. The number of hydrogen-bond donors (Lipinski definition) is 1. The number of carbonyl (C=O) groups is 2. The molecule has 0 spiro atoms. The second-order valence-corrected chi connectivity index (χ2v) is 6.16. The molecule has 1 aromatic carbocycles. The van der Waals surface area contributed by atoms with Crippen LogP contribution in [0.4, 0.5) is 13.2 Å². The minimum Gasteiger partial charge on any atom is -0.480 e. The molecule has 7 heteroatoms. The zero-order valence-electron chi connectivity index (χ0n) is 12.6. The summed E-state index contributed by atoms with van der Waals surface area (Å²) >= 11 is 0. The van der Waals surface area contributed by atoms with E-state index in [1.54, 1.807) is 20.8 Å². The van der Waals surface area contributed by atoms with Crippen LogP contribution >= 0.6 is 0 Å². The Morgan fingerprint density at radius 3 is 2.27 bits per heavy atom. The van der Waals surface area contributed by atoms with Crippen LogP contribution in [0.5, 0.6) is 0 Å². The molecule has 0 aliphatic heterocycles. The lowest BCUT2D eigenvalue weighted by atomic mass is 9.95. The Kier molecular flexibility index (Phi) is 5.57. The number of aliphatic carboxylic acids is 1. The Balaban J connectivity index is 3.10. The topological polar surface area (TPSA) is 57.6 Å². The predicted octanol–water partition coefficient (Wildman–Crippen LogP) is 3.34. The molecule has 1 rings (SSSR count). The van der Waals surface area contributed by atoms with Gasteiger partial charge in [-0.3, -0.25) is 9.59 Å². The number of nitrogens with zero attached hydrogens (tertiary/aromatic N) is 1. The summed E-state index contributed by atoms with van der Waals surface area (Å²) < 4.78 is 38.8. The third kappa shape index (κ3) is 5.05. The average molecular weight is 317 g/mol. The molecule has 0 aliphatic carbocycles. The minimum atomic E-state index is -2.84. The Morgan fingerprint density at radius 2 is 1.86 bits per heavy atom. The molecule has 0 heterocycles. The normalized spacial score (nSPS) is 11.6. The molecule has 0 unspecified atom stereocenters. The highest BCUT2D eigenvalue weighted by Gasteiger charge is 2.26. The number of carbonyl (C=O) groups excluding carboxylic acids is 1. The maximum atomic E-state index is 13.9. The van der Waals surface area contributed by atoms with Gasteiger partial charge in [0.05, 0.1) is 5.56 Å². The molecular weight excluding hydrogens is 299 g/mol. The molecule has 0 atom stereocenters. The fraction of sp³-hybridized carbons (Fsp3) is 0.467. The standard InChI is InChI=1S/C15H18F3NO3/c1-15(2,3)8-19(7-12(20)21)14(22)10-5-4-9(13(17)18)6-11(10)16/h4-6,13H,7-8H2,1-3H3,(H,20,21). The fourth-order valence-corrected chi connectivity index (χ4v) is 1.95. The maximum absolute atomic E-state index is 13.9. The lowest BCUT2D eigenvalue weighted by molar-refractivity contribution is -0.138. The van der Waals surface area contributed by atoms with Crippen LogP contribution in [0.1, 0.15) is 43.1 Å². The van der Waals surface area contributed by atoms with Crippen LogP contribution in [0.25, 0.3) is 0 Å². The van der Waals surface area contributed by atoms with E-state index in [0.29, 0.717) is 6.07 Å². The monoisotopic (exact) mass is 317 g/mol. The maximum Gasteiger partial charge on any atom is 0.323 e. The van der Waals surface area contributed by atoms with Crippen molar-refractivity contribution in [3.8, 4) is 0 Å². The summed E-state index contributed by atoms with van der Waals surface area (Å²) in [4.78, 5) is 24.2. The van der Waals surface area contributed by atoms with Gasteiger partial charge in [-0.15, -0.1) is 0 Å². The van der Waals surface area contributed by atoms with Gasteiger partial charge in [-0.25, -0.2) is 13.2 Å². The fourth-order valence-electron chi connectivity index (χ4n) is 1.95. The molecule has 0 aromatic heterocycles. The molecule has 1 N–H and O–H groups in total. The summed E-state index contributed by atoms with van der Waals surface area (Å²) in [5.41, 5.74) is -1.35. The number of hydrogen-bond acceptors (Lipinski definition) is 2. The largest absolute Gasteiger partial charge is 0.480 e. The second-order valence-electron chi connectivity index (χ2n) is 6.16. The highest BCUT2D eigenvalue weighted by molar-refractivity contribution is 5.96. The van der Waals surface area contributed by atoms with Crippen LogP contribution in [0, 0.1) is 11.2 Å². The number of amides is 1. The zero-order chi connectivity index (χ0) is 17.1. The Morgan fingerprint density at radius 1 is 1.27 bits per heavy atom. The quantitative estimate of drug-likeness (QED) is 0.906. The zero-order valence-corrected chi connectivity index (χ0v) is 12.6. The van der Waals surface area contributed by atoms with Gasteiger partial charge in [0.2, 0.25) is 0 Å². The summed E-state index contributed by atoms with van der Waals surface area (Å²) in [5.74, 6) is -3.16. The van der Waals surface area contributed by atoms with Crippen molar-refractivity contribution in [2.75, 3.05) is 13.1 Å². The van der Waals surface area contributed by atoms with Crippen molar-refractivity contribution >= 4 is 11.9 Å². The molecule has 1 amide bonds. The van der Waals surface area contributed by atoms with Gasteiger partial charge in [-0.1, -0.05) is 26.8 Å². The van der Waals surface area contributed by atoms with Gasteiger partial charge in [0.1, 0.15) is 12.4 Å². The highest BCUT2D eigenvalue weighted by Crippen LogP contribution is 2.23. The third-order valence-corrected chi connectivity index (χ3v) is 2.75. The van der Waals surface area contributed by atoms with Crippen LogP contribution in [-0.4, -0.2) is 35.0 Å². The summed E-state index contributed by atoms with van der Waals surface area (Å²) in [7, 11) is 0. The molecular formula is C15H18F3NO3. The SMILES string of the molecule is CC(C)(C)CN(CC(=O)O)C(=O)c1ccc(C(F)F)cc1F. The van der Waals surface area contributed by atoms with Crippen molar-refractivity contribution in [1.82, 2.24) is 4.90 Å². The molecule has 0 radical (unpaired) electrons. The van der Waals surface area contributed by atoms with E-state index in [0.717, 1.165) is 17.0 Å². The van der Waals surface area contributed by atoms with Gasteiger partial charge in [0.25, 0.3) is 12.3 Å². The molecule has 0 saturated carbocycles. The van der Waals surface area contributed by atoms with Crippen LogP contribution in [0.15, 0.2) is 18.2 Å². The van der Waals surface area contributed by atoms with Crippen molar-refractivity contribution < 1.29 is 27.9 Å². The lowest BCUT2D eigenvalue weighted by Crippen LogP contribution is -2.41. The van der Waals surface area contributed by atoms with E-state index in [1.165, 1.54) is 0 Å². The Bertz CT molecular complexity index is 568. The van der Waals surface area contributed by atoms with E-state index in [4.69, 9.17) is 5.11 Å². The molecule has 0 fully saturated rings. The number of carboxylic acids is 1. The van der Waals surface area contributed by atoms with Gasteiger partial charge >= 0.3 is 5.97 Å². The number of benzene rings is 1. The van der Waals surface area contributed by atoms with E-state index < -0.39 is 47.2 Å². The van der Waals surface area contributed by atoms with Gasteiger partial charge in [-0.05, 0) is 17.5 Å². The summed E-state index contributed by atoms with van der Waals surface area (Å²) in [6, 6.07) is 2.50. The van der Waals surface area contributed by atoms with Gasteiger partial charge < -0.3 is 10.0 Å². The van der Waals surface area contributed by atoms with E-state index in [2.05, 4.69) is 0 Å². The lowest BCUT2D eigenvalue weighted by Gasteiger charge is -2.29. The summed E-state index contributed by atoms with van der Waals surface area (Å²) in [6.45, 7) is 4.89. The number of rotatable bonds is 5. The van der Waals surface area contributed by atoms with Crippen LogP contribution in [0.2, 0.25) is 0 Å². The van der Waals surface area contributed by atoms with Crippen LogP contribution in [-0.2, 0) is 4.79 Å². The number of halogens is 3. The molecule has 1 aromatic rings. The average Bonchev–Trinajstić information content (AvgIpc) is 2.34. The summed E-state index contributed by atoms with van der Waals surface area (Å²) in [5, 5.41) is 8.88. The number of alkyl halides is 2. The van der Waals surface area contributed by atoms with E-state index in [-0.39, 0.29) is 6.54 Å². The van der Waals surface area contributed by atoms with Crippen LogP contribution in [0.3, 0.4) is 0 Å². The van der Waals surface area contributed by atoms with E-state index >= 15 is 0 Å². The van der Waals surface area contributed by atoms with Crippen molar-refractivity contribution in [2.45, 2.75) is 27.2 Å². The van der Waals surface area contributed by atoms with Gasteiger partial charge in [0.15, 0.2) is 0 Å². The van der Waals surface area contributed by atoms with Crippen molar-refractivity contribution in [3.63, 3.8) is 0 Å². The first kappa shape index (κ1) is 18.0. The molecule has 22 heavy (non-hydrogen) atoms. The molecule has 0 aliphatic rings.